The standard InChI is InChI=1S/C18H36N2O/c1-4-7-15-9-10-17(19-11-5-2)18(13-15)20-12-6-8-16(14-20)21-3/h15-19H,4-14H2,1-3H3. The minimum absolute atomic E-state index is 0.456. The quantitative estimate of drug-likeness (QED) is 0.779. The predicted octanol–water partition coefficient (Wildman–Crippen LogP) is 3.43. The van der Waals surface area contributed by atoms with E-state index in [2.05, 4.69) is 24.1 Å². The molecule has 4 unspecified atom stereocenters. The summed E-state index contributed by atoms with van der Waals surface area (Å²) in [6, 6.07) is 1.44. The van der Waals surface area contributed by atoms with Crippen LogP contribution in [0.15, 0.2) is 0 Å². The number of hydrogen-bond acceptors (Lipinski definition) is 3. The van der Waals surface area contributed by atoms with Crippen molar-refractivity contribution in [1.82, 2.24) is 10.2 Å². The van der Waals surface area contributed by atoms with Crippen LogP contribution in [0.1, 0.15) is 65.2 Å². The summed E-state index contributed by atoms with van der Waals surface area (Å²) in [5.41, 5.74) is 0. The van der Waals surface area contributed by atoms with E-state index in [4.69, 9.17) is 4.74 Å². The van der Waals surface area contributed by atoms with Gasteiger partial charge in [-0.05, 0) is 57.5 Å². The first-order valence-corrected chi connectivity index (χ1v) is 9.28. The van der Waals surface area contributed by atoms with Crippen molar-refractivity contribution in [2.75, 3.05) is 26.7 Å². The van der Waals surface area contributed by atoms with E-state index < -0.39 is 0 Å². The molecule has 0 aromatic heterocycles. The summed E-state index contributed by atoms with van der Waals surface area (Å²) < 4.78 is 5.64. The van der Waals surface area contributed by atoms with Crippen LogP contribution < -0.4 is 5.32 Å². The normalized spacial score (nSPS) is 35.0. The lowest BCUT2D eigenvalue weighted by Crippen LogP contribution is -2.56. The van der Waals surface area contributed by atoms with Crippen molar-refractivity contribution >= 4 is 0 Å². The second-order valence-corrected chi connectivity index (χ2v) is 7.09. The molecule has 0 aromatic rings. The number of nitrogens with one attached hydrogen (secondary N) is 1. The van der Waals surface area contributed by atoms with Crippen LogP contribution in [0.2, 0.25) is 0 Å². The van der Waals surface area contributed by atoms with Crippen LogP contribution in [0.4, 0.5) is 0 Å². The maximum Gasteiger partial charge on any atom is 0.0698 e. The fourth-order valence-electron chi connectivity index (χ4n) is 4.33. The molecule has 4 atom stereocenters. The maximum atomic E-state index is 5.64. The molecule has 124 valence electrons. The Labute approximate surface area is 131 Å². The van der Waals surface area contributed by atoms with Crippen LogP contribution >= 0.6 is 0 Å². The highest BCUT2D eigenvalue weighted by Crippen LogP contribution is 2.32. The van der Waals surface area contributed by atoms with E-state index in [0.29, 0.717) is 12.1 Å². The summed E-state index contributed by atoms with van der Waals surface area (Å²) in [6.45, 7) is 8.18. The van der Waals surface area contributed by atoms with Gasteiger partial charge < -0.3 is 10.1 Å². The summed E-state index contributed by atoms with van der Waals surface area (Å²) in [4.78, 5) is 2.74. The summed E-state index contributed by atoms with van der Waals surface area (Å²) in [6.07, 6.45) is 11.2. The molecule has 2 fully saturated rings. The van der Waals surface area contributed by atoms with Crippen LogP contribution in [-0.2, 0) is 4.74 Å². The van der Waals surface area contributed by atoms with Crippen molar-refractivity contribution in [1.29, 1.82) is 0 Å². The Bertz CT molecular complexity index is 284. The van der Waals surface area contributed by atoms with Crippen molar-refractivity contribution < 1.29 is 4.74 Å². The van der Waals surface area contributed by atoms with Crippen molar-refractivity contribution in [2.24, 2.45) is 5.92 Å². The SMILES string of the molecule is CCCNC1CCC(CCC)CC1N1CCCC(OC)C1. The first-order chi connectivity index (χ1) is 10.3. The van der Waals surface area contributed by atoms with Gasteiger partial charge in [0.1, 0.15) is 0 Å². The van der Waals surface area contributed by atoms with Crippen molar-refractivity contribution in [3.05, 3.63) is 0 Å². The molecular weight excluding hydrogens is 260 g/mol. The van der Waals surface area contributed by atoms with Gasteiger partial charge in [-0.2, -0.15) is 0 Å². The van der Waals surface area contributed by atoms with Crippen molar-refractivity contribution in [3.63, 3.8) is 0 Å². The molecule has 0 aromatic carbocycles. The second-order valence-electron chi connectivity index (χ2n) is 7.09. The number of rotatable bonds is 7. The predicted molar refractivity (Wildman–Crippen MR) is 89.7 cm³/mol. The molecule has 0 bridgehead atoms. The van der Waals surface area contributed by atoms with E-state index in [0.717, 1.165) is 18.5 Å². The molecule has 1 saturated heterocycles. The van der Waals surface area contributed by atoms with Crippen LogP contribution in [0, 0.1) is 5.92 Å². The topological polar surface area (TPSA) is 24.5 Å². The molecule has 1 N–H and O–H groups in total. The first kappa shape index (κ1) is 17.2. The highest BCUT2D eigenvalue weighted by Gasteiger charge is 2.35. The number of hydrogen-bond donors (Lipinski definition) is 1. The van der Waals surface area contributed by atoms with Crippen LogP contribution in [-0.4, -0.2) is 49.8 Å². The first-order valence-electron chi connectivity index (χ1n) is 9.28. The zero-order valence-electron chi connectivity index (χ0n) is 14.4. The molecule has 2 rings (SSSR count). The Morgan fingerprint density at radius 1 is 1.14 bits per heavy atom. The molecule has 1 aliphatic heterocycles. The minimum Gasteiger partial charge on any atom is -0.380 e. The van der Waals surface area contributed by atoms with Crippen LogP contribution in [0.3, 0.4) is 0 Å². The Balaban J connectivity index is 1.97. The van der Waals surface area contributed by atoms with Gasteiger partial charge in [-0.3, -0.25) is 4.90 Å². The number of ether oxygens (including phenoxy) is 1. The lowest BCUT2D eigenvalue weighted by Gasteiger charge is -2.46. The fourth-order valence-corrected chi connectivity index (χ4v) is 4.33. The van der Waals surface area contributed by atoms with E-state index in [9.17, 15) is 0 Å². The van der Waals surface area contributed by atoms with E-state index in [1.165, 1.54) is 64.5 Å². The van der Waals surface area contributed by atoms with Gasteiger partial charge in [0.2, 0.25) is 0 Å². The summed E-state index contributed by atoms with van der Waals surface area (Å²) in [7, 11) is 1.88. The van der Waals surface area contributed by atoms with Gasteiger partial charge in [0, 0.05) is 25.7 Å². The lowest BCUT2D eigenvalue weighted by molar-refractivity contribution is -0.00638. The maximum absolute atomic E-state index is 5.64. The highest BCUT2D eigenvalue weighted by atomic mass is 16.5. The molecule has 3 nitrogen and oxygen atoms in total. The summed E-state index contributed by atoms with van der Waals surface area (Å²) in [5.74, 6) is 0.947. The smallest absolute Gasteiger partial charge is 0.0698 e. The van der Waals surface area contributed by atoms with E-state index >= 15 is 0 Å². The van der Waals surface area contributed by atoms with Crippen LogP contribution in [0.5, 0.6) is 0 Å². The lowest BCUT2D eigenvalue weighted by atomic mass is 9.79. The van der Waals surface area contributed by atoms with Gasteiger partial charge in [-0.15, -0.1) is 0 Å². The number of nitrogens with zero attached hydrogens (tertiary/aromatic N) is 1. The molecule has 0 amide bonds. The second kappa shape index (κ2) is 9.12. The van der Waals surface area contributed by atoms with Gasteiger partial charge in [-0.25, -0.2) is 0 Å². The third-order valence-electron chi connectivity index (χ3n) is 5.49. The monoisotopic (exact) mass is 296 g/mol. The number of likely N-dealkylation sites (tertiary alicyclic amines) is 1. The van der Waals surface area contributed by atoms with E-state index in [1.54, 1.807) is 0 Å². The average Bonchev–Trinajstić information content (AvgIpc) is 2.54. The Morgan fingerprint density at radius 3 is 2.71 bits per heavy atom. The third kappa shape index (κ3) is 4.94. The Hall–Kier alpha value is -0.120. The van der Waals surface area contributed by atoms with Gasteiger partial charge in [0.15, 0.2) is 0 Å². The number of methoxy groups -OCH3 is 1. The zero-order valence-corrected chi connectivity index (χ0v) is 14.4. The van der Waals surface area contributed by atoms with Gasteiger partial charge in [0.05, 0.1) is 6.10 Å². The van der Waals surface area contributed by atoms with E-state index in [-0.39, 0.29) is 0 Å². The number of piperidine rings is 1. The molecule has 1 saturated carbocycles. The molecule has 0 radical (unpaired) electrons. The largest absolute Gasteiger partial charge is 0.380 e. The Kier molecular flexibility index (Phi) is 7.48. The van der Waals surface area contributed by atoms with Crippen molar-refractivity contribution in [2.45, 2.75) is 83.4 Å². The van der Waals surface area contributed by atoms with Crippen LogP contribution in [0.25, 0.3) is 0 Å². The molecule has 1 aliphatic carbocycles. The molecule has 0 spiro atoms. The zero-order chi connectivity index (χ0) is 15.1. The molecular formula is C18H36N2O. The summed E-state index contributed by atoms with van der Waals surface area (Å²) in [5, 5.41) is 3.83. The fraction of sp³-hybridized carbons (Fsp3) is 1.00. The van der Waals surface area contributed by atoms with Gasteiger partial charge in [-0.1, -0.05) is 26.7 Å². The van der Waals surface area contributed by atoms with E-state index in [1.807, 2.05) is 7.11 Å². The third-order valence-corrected chi connectivity index (χ3v) is 5.49. The van der Waals surface area contributed by atoms with Gasteiger partial charge >= 0.3 is 0 Å². The minimum atomic E-state index is 0.456. The van der Waals surface area contributed by atoms with Gasteiger partial charge in [0.25, 0.3) is 0 Å². The average molecular weight is 296 g/mol. The highest BCUT2D eigenvalue weighted by molar-refractivity contribution is 4.93. The molecule has 21 heavy (non-hydrogen) atoms. The summed E-state index contributed by atoms with van der Waals surface area (Å²) >= 11 is 0. The molecule has 1 heterocycles. The Morgan fingerprint density at radius 2 is 2.00 bits per heavy atom. The molecule has 3 heteroatoms. The molecule has 2 aliphatic rings. The van der Waals surface area contributed by atoms with Crippen molar-refractivity contribution in [3.8, 4) is 0 Å².